The molecular formula is C38H44N4O7S. The van der Waals surface area contributed by atoms with Crippen LogP contribution in [0.4, 0.5) is 11.4 Å². The third-order valence-corrected chi connectivity index (χ3v) is 11.2. The lowest BCUT2D eigenvalue weighted by Crippen LogP contribution is -2.51. The Hall–Kier alpha value is -4.55. The lowest BCUT2D eigenvalue weighted by molar-refractivity contribution is -0.441. The van der Waals surface area contributed by atoms with Crippen LogP contribution in [0.5, 0.6) is 0 Å². The lowest BCUT2D eigenvalue weighted by atomic mass is 9.72. The van der Waals surface area contributed by atoms with Gasteiger partial charge in [-0.05, 0) is 50.8 Å². The highest BCUT2D eigenvalue weighted by Gasteiger charge is 2.52. The van der Waals surface area contributed by atoms with Gasteiger partial charge in [0.1, 0.15) is 12.6 Å². The van der Waals surface area contributed by atoms with Gasteiger partial charge >= 0.3 is 5.97 Å². The normalized spacial score (nSPS) is 21.8. The van der Waals surface area contributed by atoms with E-state index in [-0.39, 0.29) is 18.7 Å². The van der Waals surface area contributed by atoms with Gasteiger partial charge in [0.05, 0.1) is 32.6 Å². The van der Waals surface area contributed by atoms with Crippen molar-refractivity contribution < 1.29 is 37.0 Å². The molecule has 0 aromatic heterocycles. The number of carboxylic acids is 1. The minimum Gasteiger partial charge on any atom is -0.748 e. The molecule has 2 aromatic carbocycles. The molecule has 3 aliphatic heterocycles. The molecule has 0 spiro atoms. The zero-order valence-electron chi connectivity index (χ0n) is 29.1. The van der Waals surface area contributed by atoms with Crippen LogP contribution in [-0.2, 0) is 35.3 Å². The van der Waals surface area contributed by atoms with E-state index in [4.69, 9.17) is 5.11 Å². The molecule has 0 radical (unpaired) electrons. The average molecular weight is 701 g/mol. The first-order chi connectivity index (χ1) is 23.5. The van der Waals surface area contributed by atoms with E-state index in [1.807, 2.05) is 48.4 Å². The summed E-state index contributed by atoms with van der Waals surface area (Å²) in [5, 5.41) is 14.7. The van der Waals surface area contributed by atoms with Crippen LogP contribution < -0.4 is 15.5 Å². The fourth-order valence-corrected chi connectivity index (χ4v) is 8.72. The minimum atomic E-state index is -4.88. The number of carboxylic acid groups (broad SMARTS) is 1. The molecule has 0 saturated heterocycles. The molecule has 1 atom stereocenters. The highest BCUT2D eigenvalue weighted by Crippen LogP contribution is 2.50. The third kappa shape index (κ3) is 6.19. The summed E-state index contributed by atoms with van der Waals surface area (Å²) in [5.74, 6) is -2.92. The minimum absolute atomic E-state index is 0.0683. The number of benzene rings is 2. The maximum Gasteiger partial charge on any atom is 0.303 e. The largest absolute Gasteiger partial charge is 0.748 e. The zero-order valence-corrected chi connectivity index (χ0v) is 29.9. The summed E-state index contributed by atoms with van der Waals surface area (Å²) in [6, 6.07) is 14.7. The van der Waals surface area contributed by atoms with E-state index >= 15 is 0 Å². The Morgan fingerprint density at radius 1 is 1.04 bits per heavy atom. The van der Waals surface area contributed by atoms with Crippen molar-refractivity contribution in [2.24, 2.45) is 0 Å². The number of likely N-dealkylation sites (N-methyl/N-ethyl adjacent to an activating group) is 1. The Morgan fingerprint density at radius 2 is 1.72 bits per heavy atom. The topological polar surface area (TPSA) is 159 Å². The second-order valence-electron chi connectivity index (χ2n) is 14.5. The van der Waals surface area contributed by atoms with Crippen LogP contribution in [0.15, 0.2) is 82.7 Å². The summed E-state index contributed by atoms with van der Waals surface area (Å²) in [6.07, 6.45) is 3.82. The molecule has 6 rings (SSSR count). The molecule has 4 aliphatic rings. The Bertz CT molecular complexity index is 2040. The van der Waals surface area contributed by atoms with Gasteiger partial charge in [-0.2, -0.15) is 4.58 Å². The van der Waals surface area contributed by atoms with E-state index in [0.29, 0.717) is 36.1 Å². The van der Waals surface area contributed by atoms with Crippen LogP contribution >= 0.6 is 0 Å². The number of rotatable bonds is 11. The smallest absolute Gasteiger partial charge is 0.303 e. The molecule has 12 heteroatoms. The molecule has 3 heterocycles. The Morgan fingerprint density at radius 3 is 2.40 bits per heavy atom. The van der Waals surface area contributed by atoms with Crippen molar-refractivity contribution in [3.8, 4) is 0 Å². The second kappa shape index (κ2) is 13.0. The van der Waals surface area contributed by atoms with Gasteiger partial charge < -0.3 is 25.2 Å². The predicted octanol–water partition coefficient (Wildman–Crippen LogP) is 4.18. The number of para-hydroxylation sites is 2. The van der Waals surface area contributed by atoms with Gasteiger partial charge in [0.2, 0.25) is 11.6 Å². The summed E-state index contributed by atoms with van der Waals surface area (Å²) in [7, 11) is -2.95. The molecule has 3 N–H and O–H groups in total. The zero-order chi connectivity index (χ0) is 36.2. The molecule has 1 unspecified atom stereocenters. The van der Waals surface area contributed by atoms with Crippen LogP contribution in [0.1, 0.15) is 70.9 Å². The van der Waals surface area contributed by atoms with Crippen molar-refractivity contribution in [1.82, 2.24) is 10.6 Å². The molecule has 50 heavy (non-hydrogen) atoms. The number of unbranched alkanes of at least 4 members (excludes halogenated alkanes) is 1. The Balaban J connectivity index is 1.47. The number of allylic oxidation sites excluding steroid dienone is 5. The molecule has 2 aromatic rings. The molecule has 1 amide bonds. The number of carbonyl (C=O) groups is 3. The van der Waals surface area contributed by atoms with Crippen LogP contribution in [0.2, 0.25) is 0 Å². The number of hydrogen-bond donors (Lipinski definition) is 3. The third-order valence-electron chi connectivity index (χ3n) is 10.5. The number of nitrogens with one attached hydrogen (secondary N) is 2. The molecule has 0 saturated carbocycles. The monoisotopic (exact) mass is 700 g/mol. The summed E-state index contributed by atoms with van der Waals surface area (Å²) < 4.78 is 38.7. The number of anilines is 1. The summed E-state index contributed by atoms with van der Waals surface area (Å²) in [6.45, 7) is 9.30. The maximum absolute atomic E-state index is 14.5. The number of amides is 1. The Kier molecular flexibility index (Phi) is 9.15. The van der Waals surface area contributed by atoms with Gasteiger partial charge in [-0.25, -0.2) is 8.42 Å². The number of hydrogen-bond acceptors (Lipinski definition) is 8. The van der Waals surface area contributed by atoms with Crippen LogP contribution in [0.25, 0.3) is 0 Å². The van der Waals surface area contributed by atoms with Crippen molar-refractivity contribution >= 4 is 44.9 Å². The van der Waals surface area contributed by atoms with E-state index in [2.05, 4.69) is 61.1 Å². The number of Topliss-reactive ketones (excluding diaryl/α,β-unsaturated/α-hetero) is 1. The SMILES string of the molecule is CN1/C(=C/C2=C(NC(CS(=O)(=O)[O-])C(=O)NCCCCC(=O)O)C(=C3\CCC[N+]4=C3C(C)(C)c3ccccc34)/C2=O)C(C)(C)c2ccccc21. The van der Waals surface area contributed by atoms with Crippen LogP contribution in [0, 0.1) is 0 Å². The fourth-order valence-electron chi connectivity index (χ4n) is 8.07. The quantitative estimate of drug-likeness (QED) is 0.135. The van der Waals surface area contributed by atoms with Gasteiger partial charge in [-0.15, -0.1) is 0 Å². The first-order valence-electron chi connectivity index (χ1n) is 17.1. The van der Waals surface area contributed by atoms with Crippen LogP contribution in [-0.4, -0.2) is 78.0 Å². The van der Waals surface area contributed by atoms with E-state index < -0.39 is 44.6 Å². The van der Waals surface area contributed by atoms with Crippen molar-refractivity contribution in [3.63, 3.8) is 0 Å². The van der Waals surface area contributed by atoms with E-state index in [1.54, 1.807) is 0 Å². The molecular weight excluding hydrogens is 657 g/mol. The first kappa shape index (κ1) is 35.3. The van der Waals surface area contributed by atoms with Crippen molar-refractivity contribution in [3.05, 3.63) is 93.8 Å². The number of carbonyl (C=O) groups excluding carboxylic acids is 2. The number of ketones is 1. The van der Waals surface area contributed by atoms with Crippen molar-refractivity contribution in [2.45, 2.75) is 76.7 Å². The van der Waals surface area contributed by atoms with E-state index in [9.17, 15) is 27.4 Å². The van der Waals surface area contributed by atoms with Gasteiger partial charge in [-0.1, -0.05) is 50.2 Å². The highest BCUT2D eigenvalue weighted by atomic mass is 32.2. The number of fused-ring (bicyclic) bond motifs is 3. The summed E-state index contributed by atoms with van der Waals surface area (Å²) >= 11 is 0. The maximum atomic E-state index is 14.5. The average Bonchev–Trinajstić information content (AvgIpc) is 3.41. The summed E-state index contributed by atoms with van der Waals surface area (Å²) in [4.78, 5) is 40.9. The number of nitrogens with zero attached hydrogens (tertiary/aromatic N) is 2. The van der Waals surface area contributed by atoms with Gasteiger partial charge in [0, 0.05) is 66.0 Å². The van der Waals surface area contributed by atoms with E-state index in [0.717, 1.165) is 52.4 Å². The lowest BCUT2D eigenvalue weighted by Gasteiger charge is -2.34. The van der Waals surface area contributed by atoms with Gasteiger partial charge in [0.25, 0.3) is 0 Å². The van der Waals surface area contributed by atoms with Crippen LogP contribution in [0.3, 0.4) is 0 Å². The Labute approximate surface area is 293 Å². The molecule has 1 aliphatic carbocycles. The first-order valence-corrected chi connectivity index (χ1v) is 18.6. The number of aliphatic carboxylic acids is 1. The predicted molar refractivity (Wildman–Crippen MR) is 189 cm³/mol. The molecule has 0 fully saturated rings. The van der Waals surface area contributed by atoms with E-state index in [1.165, 1.54) is 0 Å². The second-order valence-corrected chi connectivity index (χ2v) is 16.0. The van der Waals surface area contributed by atoms with Gasteiger partial charge in [0.15, 0.2) is 11.5 Å². The van der Waals surface area contributed by atoms with Crippen molar-refractivity contribution in [2.75, 3.05) is 30.8 Å². The molecule has 0 bridgehead atoms. The fraction of sp³-hybridized carbons (Fsp3) is 0.421. The van der Waals surface area contributed by atoms with Gasteiger partial charge in [-0.3, -0.25) is 14.4 Å². The summed E-state index contributed by atoms with van der Waals surface area (Å²) in [5.41, 5.74) is 7.17. The van der Waals surface area contributed by atoms with Crippen molar-refractivity contribution in [1.29, 1.82) is 0 Å². The molecule has 11 nitrogen and oxygen atoms in total. The molecule has 264 valence electrons. The standard InChI is InChI=1S/C38H44N4O7S/c1-37(2)25-14-6-8-16-28(25)41(5)30(37)21-24-33(40-27(22-50(47,48)49)36(46)39-19-11-10-18-31(43)44)32(34(24)45)23-13-12-20-42-29-17-9-7-15-26(29)38(3,4)35(23)42/h6-9,14-17,21,27H,10-13,18-20,22H2,1-5H3,(H3-,39,40,43,44,45,46,47,48,49). The highest BCUT2D eigenvalue weighted by molar-refractivity contribution is 7.85.